The van der Waals surface area contributed by atoms with E-state index in [2.05, 4.69) is 16.3 Å². The third kappa shape index (κ3) is 7.93. The summed E-state index contributed by atoms with van der Waals surface area (Å²) in [6, 6.07) is 6.34. The van der Waals surface area contributed by atoms with Crippen LogP contribution in [0.25, 0.3) is 10.8 Å². The van der Waals surface area contributed by atoms with Crippen LogP contribution >= 0.6 is 0 Å². The molecule has 276 valence electrons. The highest BCUT2D eigenvalue weighted by molar-refractivity contribution is 7.90. The van der Waals surface area contributed by atoms with Crippen molar-refractivity contribution in [2.45, 2.75) is 108 Å². The monoisotopic (exact) mass is 723 g/mol. The summed E-state index contributed by atoms with van der Waals surface area (Å²) in [5.41, 5.74) is -1.93. The summed E-state index contributed by atoms with van der Waals surface area (Å²) in [6.07, 6.45) is 6.97. The Morgan fingerprint density at radius 3 is 2.45 bits per heavy atom. The number of rotatable bonds is 14. The number of esters is 1. The van der Waals surface area contributed by atoms with Crippen LogP contribution in [0.3, 0.4) is 0 Å². The lowest BCUT2D eigenvalue weighted by Gasteiger charge is -2.35. The Morgan fingerprint density at radius 2 is 1.82 bits per heavy atom. The molecule has 0 unspecified atom stereocenters. The Bertz CT molecular complexity index is 1810. The molecule has 0 radical (unpaired) electrons. The second kappa shape index (κ2) is 14.2. The first-order valence-electron chi connectivity index (χ1n) is 18.0. The lowest BCUT2D eigenvalue weighted by atomic mass is 9.77. The number of hydrogen-bond acceptors (Lipinski definition) is 10. The minimum absolute atomic E-state index is 0.0495. The van der Waals surface area contributed by atoms with Crippen molar-refractivity contribution in [3.05, 3.63) is 43.1 Å². The molecule has 1 N–H and O–H groups in total. The summed E-state index contributed by atoms with van der Waals surface area (Å²) in [7, 11) is -2.26. The fraction of sp³-hybridized carbons (Fsp3) is 0.605. The third-order valence-corrected chi connectivity index (χ3v) is 12.8. The Morgan fingerprint density at radius 1 is 1.10 bits per heavy atom. The topological polar surface area (TPSA) is 158 Å². The Hall–Kier alpha value is -4.00. The maximum atomic E-state index is 14.6. The van der Waals surface area contributed by atoms with Gasteiger partial charge in [0.25, 0.3) is 0 Å². The van der Waals surface area contributed by atoms with Gasteiger partial charge in [0, 0.05) is 24.4 Å². The summed E-state index contributed by atoms with van der Waals surface area (Å²) in [4.78, 5) is 61.6. The molecule has 2 heterocycles. The average Bonchev–Trinajstić information content (AvgIpc) is 3.96. The van der Waals surface area contributed by atoms with Crippen molar-refractivity contribution < 1.29 is 41.8 Å². The molecule has 3 saturated carbocycles. The zero-order valence-electron chi connectivity index (χ0n) is 29.9. The number of methoxy groups -OCH3 is 1. The number of carbonyl (C=O) groups excluding carboxylic acids is 4. The number of sulfonamides is 1. The van der Waals surface area contributed by atoms with Crippen LogP contribution in [0, 0.1) is 22.7 Å². The van der Waals surface area contributed by atoms with Crippen LogP contribution in [0.2, 0.25) is 0 Å². The molecular weight excluding hydrogens is 674 g/mol. The molecular formula is C38H49N3O9S. The van der Waals surface area contributed by atoms with E-state index in [1.54, 1.807) is 25.4 Å². The molecule has 0 bridgehead atoms. The predicted molar refractivity (Wildman–Crippen MR) is 189 cm³/mol. The van der Waals surface area contributed by atoms with E-state index < -0.39 is 62.0 Å². The first kappa shape index (κ1) is 36.8. The first-order chi connectivity index (χ1) is 24.1. The van der Waals surface area contributed by atoms with Crippen molar-refractivity contribution in [1.29, 1.82) is 0 Å². The molecule has 6 rings (SSSR count). The Labute approximate surface area is 299 Å². The number of amides is 2. The molecule has 3 aliphatic carbocycles. The van der Waals surface area contributed by atoms with Gasteiger partial charge in [-0.1, -0.05) is 26.8 Å². The van der Waals surface area contributed by atoms with E-state index >= 15 is 0 Å². The van der Waals surface area contributed by atoms with Gasteiger partial charge in [-0.2, -0.15) is 0 Å². The summed E-state index contributed by atoms with van der Waals surface area (Å²) < 4.78 is 45.2. The maximum Gasteiger partial charge on any atom is 0.306 e. The molecule has 5 atom stereocenters. The number of aromatic nitrogens is 1. The molecule has 12 nitrogen and oxygen atoms in total. The second-order valence-corrected chi connectivity index (χ2v) is 17.7. The quantitative estimate of drug-likeness (QED) is 0.210. The molecule has 1 aromatic heterocycles. The van der Waals surface area contributed by atoms with Gasteiger partial charge in [0.1, 0.15) is 18.0 Å². The van der Waals surface area contributed by atoms with Crippen LogP contribution in [0.1, 0.15) is 85.0 Å². The largest absolute Gasteiger partial charge is 0.497 e. The molecule has 2 amide bonds. The van der Waals surface area contributed by atoms with Gasteiger partial charge in [-0.15, -0.1) is 6.58 Å². The summed E-state index contributed by atoms with van der Waals surface area (Å²) in [5, 5.41) is 0.965. The number of carbonyl (C=O) groups is 4. The van der Waals surface area contributed by atoms with Gasteiger partial charge in [-0.3, -0.25) is 23.9 Å². The molecule has 1 aliphatic heterocycles. The second-order valence-electron chi connectivity index (χ2n) is 15.7. The number of pyridine rings is 1. The summed E-state index contributed by atoms with van der Waals surface area (Å²) in [6.45, 7) is 9.51. The highest BCUT2D eigenvalue weighted by atomic mass is 32.2. The molecule has 0 spiro atoms. The smallest absolute Gasteiger partial charge is 0.306 e. The van der Waals surface area contributed by atoms with Crippen molar-refractivity contribution >= 4 is 44.4 Å². The number of hydrogen-bond donors (Lipinski definition) is 1. The lowest BCUT2D eigenvalue weighted by molar-refractivity contribution is -0.156. The number of ether oxygens (including phenoxy) is 3. The number of ketones is 1. The Kier molecular flexibility index (Phi) is 10.2. The van der Waals surface area contributed by atoms with Crippen LogP contribution in [0.15, 0.2) is 43.1 Å². The van der Waals surface area contributed by atoms with E-state index in [-0.39, 0.29) is 50.0 Å². The minimum Gasteiger partial charge on any atom is -0.497 e. The van der Waals surface area contributed by atoms with Gasteiger partial charge < -0.3 is 19.1 Å². The van der Waals surface area contributed by atoms with Crippen LogP contribution in [0.4, 0.5) is 0 Å². The van der Waals surface area contributed by atoms with Crippen molar-refractivity contribution in [3.63, 3.8) is 0 Å². The van der Waals surface area contributed by atoms with E-state index in [1.807, 2.05) is 39.0 Å². The standard InChI is InChI=1S/C38H49N3O9S/c1-6-24-20-38(24,36(45)40-51(46,47)28-12-13-28)21-32(42)31-18-27(50-34-29-14-11-26(48-5)17-23(29)15-16-39-34)22-41(31)35(44)30(37(2,3)4)19-33(43)49-25-9-7-8-10-25/h6,11,14-17,24-25,27-28,30-31H,1,7-10,12-13,18-22H2,2-5H3,(H,40,45)/t24-,27-,30-,31+,38-/m1/s1. The number of nitrogens with zero attached hydrogens (tertiary/aromatic N) is 2. The van der Waals surface area contributed by atoms with Crippen LogP contribution in [0.5, 0.6) is 11.6 Å². The number of Topliss-reactive ketones (excluding diaryl/α,β-unsaturated/α-hetero) is 1. The van der Waals surface area contributed by atoms with Crippen molar-refractivity contribution in [2.75, 3.05) is 13.7 Å². The molecule has 1 aromatic carbocycles. The zero-order valence-corrected chi connectivity index (χ0v) is 30.7. The van der Waals surface area contributed by atoms with Gasteiger partial charge in [-0.25, -0.2) is 13.4 Å². The highest BCUT2D eigenvalue weighted by Crippen LogP contribution is 2.57. The molecule has 2 aromatic rings. The highest BCUT2D eigenvalue weighted by Gasteiger charge is 2.61. The van der Waals surface area contributed by atoms with E-state index in [1.165, 1.54) is 4.90 Å². The number of nitrogens with one attached hydrogen (secondary N) is 1. The van der Waals surface area contributed by atoms with Gasteiger partial charge in [-0.05, 0) is 85.9 Å². The maximum absolute atomic E-state index is 14.6. The van der Waals surface area contributed by atoms with Crippen LogP contribution in [-0.2, 0) is 33.9 Å². The molecule has 51 heavy (non-hydrogen) atoms. The molecule has 4 aliphatic rings. The molecule has 1 saturated heterocycles. The Balaban J connectivity index is 1.27. The normalized spacial score (nSPS) is 25.6. The van der Waals surface area contributed by atoms with Crippen LogP contribution < -0.4 is 14.2 Å². The van der Waals surface area contributed by atoms with E-state index in [9.17, 15) is 27.6 Å². The van der Waals surface area contributed by atoms with Crippen molar-refractivity contribution in [1.82, 2.24) is 14.6 Å². The summed E-state index contributed by atoms with van der Waals surface area (Å²) in [5.74, 6) is -2.10. The number of fused-ring (bicyclic) bond motifs is 1. The first-order valence-corrected chi connectivity index (χ1v) is 19.5. The van der Waals surface area contributed by atoms with Crippen LogP contribution in [-0.4, -0.2) is 79.0 Å². The van der Waals surface area contributed by atoms with Crippen molar-refractivity contribution in [3.8, 4) is 11.6 Å². The number of allylic oxidation sites excluding steroid dienone is 1. The van der Waals surface area contributed by atoms with Gasteiger partial charge >= 0.3 is 5.97 Å². The third-order valence-electron chi connectivity index (χ3n) is 11.0. The summed E-state index contributed by atoms with van der Waals surface area (Å²) >= 11 is 0. The minimum atomic E-state index is -3.84. The predicted octanol–water partition coefficient (Wildman–Crippen LogP) is 4.89. The van der Waals surface area contributed by atoms with E-state index in [0.717, 1.165) is 36.5 Å². The molecule has 13 heteroatoms. The average molecular weight is 724 g/mol. The molecule has 4 fully saturated rings. The van der Waals surface area contributed by atoms with Crippen molar-refractivity contribution in [2.24, 2.45) is 22.7 Å². The lowest BCUT2D eigenvalue weighted by Crippen LogP contribution is -2.48. The zero-order chi connectivity index (χ0) is 36.7. The van der Waals surface area contributed by atoms with Gasteiger partial charge in [0.2, 0.25) is 27.7 Å². The van der Waals surface area contributed by atoms with Gasteiger partial charge in [0.15, 0.2) is 5.78 Å². The fourth-order valence-electron chi connectivity index (χ4n) is 7.62. The van der Waals surface area contributed by atoms with Gasteiger partial charge in [0.05, 0.1) is 42.7 Å². The number of benzene rings is 1. The SMILES string of the molecule is C=C[C@@H]1C[C@]1(CC(=O)[C@@H]1C[C@@H](Oc2nccc3cc(OC)ccc23)CN1C(=O)[C@@H](CC(=O)OC1CCCC1)C(C)(C)C)C(=O)NS(=O)(=O)C1CC1. The fourth-order valence-corrected chi connectivity index (χ4v) is 9.00. The number of likely N-dealkylation sites (tertiary alicyclic amines) is 1. The van der Waals surface area contributed by atoms with E-state index in [4.69, 9.17) is 14.2 Å². The van der Waals surface area contributed by atoms with E-state index in [0.29, 0.717) is 24.5 Å².